The van der Waals surface area contributed by atoms with Crippen LogP contribution in [0.15, 0.2) is 35.1 Å². The highest BCUT2D eigenvalue weighted by molar-refractivity contribution is 7.15. The number of halogens is 1. The summed E-state index contributed by atoms with van der Waals surface area (Å²) in [5.74, 6) is -0.428. The number of nitrogens with one attached hydrogen (secondary N) is 1. The van der Waals surface area contributed by atoms with Crippen molar-refractivity contribution in [3.05, 3.63) is 51.5 Å². The van der Waals surface area contributed by atoms with Gasteiger partial charge < -0.3 is 4.74 Å². The Kier molecular flexibility index (Phi) is 5.78. The van der Waals surface area contributed by atoms with Crippen LogP contribution in [-0.4, -0.2) is 33.0 Å². The van der Waals surface area contributed by atoms with Crippen LogP contribution in [0, 0.1) is 5.82 Å². The normalized spacial score (nSPS) is 10.9. The summed E-state index contributed by atoms with van der Waals surface area (Å²) >= 11 is 1.28. The molecule has 0 saturated heterocycles. The molecule has 146 valence electrons. The average molecular weight is 403 g/mol. The summed E-state index contributed by atoms with van der Waals surface area (Å²) in [5, 5.41) is 15.9. The first kappa shape index (κ1) is 19.6. The van der Waals surface area contributed by atoms with E-state index in [-0.39, 0.29) is 18.2 Å². The third-order valence-electron chi connectivity index (χ3n) is 3.78. The first-order chi connectivity index (χ1) is 13.4. The van der Waals surface area contributed by atoms with E-state index in [0.717, 1.165) is 9.69 Å². The average Bonchev–Trinajstić information content (AvgIpc) is 3.12. The number of nitrogens with zero attached hydrogens (tertiary/aromatic N) is 4. The van der Waals surface area contributed by atoms with Gasteiger partial charge in [0.1, 0.15) is 23.1 Å². The molecule has 1 N–H and O–H groups in total. The molecule has 0 aliphatic rings. The molecule has 0 fully saturated rings. The van der Waals surface area contributed by atoms with Gasteiger partial charge in [-0.3, -0.25) is 14.9 Å². The van der Waals surface area contributed by atoms with Crippen LogP contribution >= 0.6 is 11.3 Å². The van der Waals surface area contributed by atoms with Crippen molar-refractivity contribution >= 4 is 22.4 Å². The molecule has 0 atom stereocenters. The van der Waals surface area contributed by atoms with Crippen molar-refractivity contribution in [2.75, 3.05) is 12.4 Å². The molecule has 10 heteroatoms. The van der Waals surface area contributed by atoms with E-state index in [1.165, 1.54) is 48.8 Å². The van der Waals surface area contributed by atoms with Gasteiger partial charge in [-0.25, -0.2) is 9.07 Å². The van der Waals surface area contributed by atoms with E-state index in [9.17, 15) is 14.0 Å². The second-order valence-corrected chi connectivity index (χ2v) is 7.22. The number of carbonyl (C=O) groups excluding carboxylic acids is 1. The lowest BCUT2D eigenvalue weighted by Gasteiger charge is -2.10. The molecule has 8 nitrogen and oxygen atoms in total. The molecule has 0 saturated carbocycles. The SMILES string of the molecule is COc1cc(F)ccc1-c1ccc(=O)n(CC(=O)Nc2nnc(C(C)C)s2)n1. The van der Waals surface area contributed by atoms with Crippen LogP contribution in [0.5, 0.6) is 5.75 Å². The Morgan fingerprint density at radius 1 is 1.29 bits per heavy atom. The summed E-state index contributed by atoms with van der Waals surface area (Å²) in [4.78, 5) is 24.4. The van der Waals surface area contributed by atoms with Gasteiger partial charge in [0.05, 0.1) is 12.8 Å². The van der Waals surface area contributed by atoms with Crippen LogP contribution in [0.25, 0.3) is 11.3 Å². The Morgan fingerprint density at radius 3 is 2.75 bits per heavy atom. The van der Waals surface area contributed by atoms with E-state index in [2.05, 4.69) is 20.6 Å². The fourth-order valence-corrected chi connectivity index (χ4v) is 3.16. The van der Waals surface area contributed by atoms with Gasteiger partial charge in [0, 0.05) is 23.6 Å². The molecule has 0 spiro atoms. The molecule has 1 aromatic carbocycles. The molecular weight excluding hydrogens is 385 g/mol. The van der Waals surface area contributed by atoms with E-state index in [1.54, 1.807) is 0 Å². The quantitative estimate of drug-likeness (QED) is 0.679. The van der Waals surface area contributed by atoms with Crippen molar-refractivity contribution in [2.24, 2.45) is 0 Å². The summed E-state index contributed by atoms with van der Waals surface area (Å²) in [6.45, 7) is 3.66. The molecule has 0 radical (unpaired) electrons. The van der Waals surface area contributed by atoms with E-state index < -0.39 is 17.3 Å². The van der Waals surface area contributed by atoms with Crippen LogP contribution in [0.1, 0.15) is 24.8 Å². The number of hydrogen-bond donors (Lipinski definition) is 1. The van der Waals surface area contributed by atoms with Crippen LogP contribution < -0.4 is 15.6 Å². The number of hydrogen-bond acceptors (Lipinski definition) is 7. The van der Waals surface area contributed by atoms with Gasteiger partial charge in [0.25, 0.3) is 5.56 Å². The van der Waals surface area contributed by atoms with Gasteiger partial charge in [0.15, 0.2) is 0 Å². The summed E-state index contributed by atoms with van der Waals surface area (Å²) in [5.41, 5.74) is 0.436. The lowest BCUT2D eigenvalue weighted by atomic mass is 10.1. The number of rotatable bonds is 6. The lowest BCUT2D eigenvalue weighted by Crippen LogP contribution is -2.29. The standard InChI is InChI=1S/C18H18FN5O3S/c1-10(2)17-21-22-18(28-17)20-15(25)9-24-16(26)7-6-13(23-24)12-5-4-11(19)8-14(12)27-3/h4-8,10H,9H2,1-3H3,(H,20,22,25). The third-order valence-corrected chi connectivity index (χ3v) is 4.92. The van der Waals surface area contributed by atoms with Gasteiger partial charge in [-0.05, 0) is 18.2 Å². The van der Waals surface area contributed by atoms with E-state index in [0.29, 0.717) is 16.4 Å². The number of ether oxygens (including phenoxy) is 1. The second kappa shape index (κ2) is 8.26. The number of anilines is 1. The molecule has 28 heavy (non-hydrogen) atoms. The maximum atomic E-state index is 13.4. The van der Waals surface area contributed by atoms with E-state index in [1.807, 2.05) is 13.8 Å². The Hall–Kier alpha value is -3.14. The Labute approximate surface area is 164 Å². The number of benzene rings is 1. The number of carbonyl (C=O) groups is 1. The molecule has 3 aromatic rings. The predicted octanol–water partition coefficient (Wildman–Crippen LogP) is 2.67. The molecule has 0 aliphatic carbocycles. The van der Waals surface area contributed by atoms with Crippen molar-refractivity contribution in [1.82, 2.24) is 20.0 Å². The summed E-state index contributed by atoms with van der Waals surface area (Å²) in [6, 6.07) is 6.77. The molecule has 2 aromatic heterocycles. The van der Waals surface area contributed by atoms with Gasteiger partial charge >= 0.3 is 0 Å². The summed E-state index contributed by atoms with van der Waals surface area (Å²) in [7, 11) is 1.41. The number of aromatic nitrogens is 4. The lowest BCUT2D eigenvalue weighted by molar-refractivity contribution is -0.117. The maximum absolute atomic E-state index is 13.4. The first-order valence-electron chi connectivity index (χ1n) is 8.42. The van der Waals surface area contributed by atoms with Crippen molar-refractivity contribution in [2.45, 2.75) is 26.3 Å². The minimum absolute atomic E-state index is 0.204. The topological polar surface area (TPSA) is 99.0 Å². The van der Waals surface area contributed by atoms with Gasteiger partial charge in [-0.2, -0.15) is 5.10 Å². The second-order valence-electron chi connectivity index (χ2n) is 6.21. The minimum atomic E-state index is -0.454. The molecule has 2 heterocycles. The molecule has 0 aliphatic heterocycles. The van der Waals surface area contributed by atoms with Crippen LogP contribution in [-0.2, 0) is 11.3 Å². The van der Waals surface area contributed by atoms with Gasteiger partial charge in [-0.1, -0.05) is 25.2 Å². The monoisotopic (exact) mass is 403 g/mol. The molecular formula is C18H18FN5O3S. The summed E-state index contributed by atoms with van der Waals surface area (Å²) < 4.78 is 19.6. The summed E-state index contributed by atoms with van der Waals surface area (Å²) in [6.07, 6.45) is 0. The van der Waals surface area contributed by atoms with Crippen molar-refractivity contribution < 1.29 is 13.9 Å². The van der Waals surface area contributed by atoms with Crippen molar-refractivity contribution in [3.63, 3.8) is 0 Å². The number of methoxy groups -OCH3 is 1. The fraction of sp³-hybridized carbons (Fsp3) is 0.278. The van der Waals surface area contributed by atoms with Gasteiger partial charge in [-0.15, -0.1) is 10.2 Å². The zero-order chi connectivity index (χ0) is 20.3. The highest BCUT2D eigenvalue weighted by atomic mass is 32.1. The van der Waals surface area contributed by atoms with E-state index in [4.69, 9.17) is 4.74 Å². The first-order valence-corrected chi connectivity index (χ1v) is 9.24. The van der Waals surface area contributed by atoms with Gasteiger partial charge in [0.2, 0.25) is 11.0 Å². The smallest absolute Gasteiger partial charge is 0.267 e. The third kappa shape index (κ3) is 4.39. The highest BCUT2D eigenvalue weighted by Gasteiger charge is 2.14. The predicted molar refractivity (Wildman–Crippen MR) is 103 cm³/mol. The molecule has 1 amide bonds. The molecule has 0 bridgehead atoms. The molecule has 0 unspecified atom stereocenters. The van der Waals surface area contributed by atoms with Crippen molar-refractivity contribution in [3.8, 4) is 17.0 Å². The number of amides is 1. The fourth-order valence-electron chi connectivity index (χ4n) is 2.40. The molecule has 3 rings (SSSR count). The zero-order valence-electron chi connectivity index (χ0n) is 15.5. The minimum Gasteiger partial charge on any atom is -0.496 e. The van der Waals surface area contributed by atoms with Crippen LogP contribution in [0.4, 0.5) is 9.52 Å². The Bertz CT molecular complexity index is 1060. The Balaban J connectivity index is 1.82. The van der Waals surface area contributed by atoms with E-state index >= 15 is 0 Å². The highest BCUT2D eigenvalue weighted by Crippen LogP contribution is 2.28. The van der Waals surface area contributed by atoms with Crippen LogP contribution in [0.2, 0.25) is 0 Å². The van der Waals surface area contributed by atoms with Crippen molar-refractivity contribution in [1.29, 1.82) is 0 Å². The largest absolute Gasteiger partial charge is 0.496 e. The zero-order valence-corrected chi connectivity index (χ0v) is 16.3. The Morgan fingerprint density at radius 2 is 2.07 bits per heavy atom. The van der Waals surface area contributed by atoms with Crippen LogP contribution in [0.3, 0.4) is 0 Å². The maximum Gasteiger partial charge on any atom is 0.267 e.